The topological polar surface area (TPSA) is 48.8 Å². The van der Waals surface area contributed by atoms with Gasteiger partial charge in [0.2, 0.25) is 0 Å². The third-order valence-electron chi connectivity index (χ3n) is 2.36. The van der Waals surface area contributed by atoms with Gasteiger partial charge in [0.1, 0.15) is 0 Å². The van der Waals surface area contributed by atoms with Crippen LogP contribution in [-0.2, 0) is 5.41 Å². The average molecular weight is 227 g/mol. The zero-order chi connectivity index (χ0) is 12.7. The Kier molecular flexibility index (Phi) is 4.63. The molecule has 0 aromatic heterocycles. The van der Waals surface area contributed by atoms with Gasteiger partial charge in [-0.1, -0.05) is 49.9 Å². The number of azide groups is 1. The number of nitrogens with zero attached hydrogens (tertiary/aromatic N) is 3. The molecule has 3 heteroatoms. The molecule has 1 rings (SSSR count). The summed E-state index contributed by atoms with van der Waals surface area (Å²) < 4.78 is 0. The zero-order valence-electron chi connectivity index (χ0n) is 10.6. The molecule has 0 aliphatic rings. The van der Waals surface area contributed by atoms with Gasteiger partial charge in [-0.05, 0) is 28.6 Å². The van der Waals surface area contributed by atoms with Gasteiger partial charge >= 0.3 is 0 Å². The first-order valence-corrected chi connectivity index (χ1v) is 5.64. The van der Waals surface area contributed by atoms with E-state index in [-0.39, 0.29) is 5.41 Å². The lowest BCUT2D eigenvalue weighted by molar-refractivity contribution is 0.590. The van der Waals surface area contributed by atoms with Crippen LogP contribution in [0.3, 0.4) is 0 Å². The quantitative estimate of drug-likeness (QED) is 0.241. The fourth-order valence-electron chi connectivity index (χ4n) is 1.38. The maximum Gasteiger partial charge on any atom is 0.0367 e. The molecule has 0 N–H and O–H groups in total. The van der Waals surface area contributed by atoms with Crippen LogP contribution in [0.1, 0.15) is 38.3 Å². The highest BCUT2D eigenvalue weighted by atomic mass is 15.1. The van der Waals surface area contributed by atoms with Gasteiger partial charge in [-0.2, -0.15) is 0 Å². The number of benzene rings is 1. The van der Waals surface area contributed by atoms with Crippen molar-refractivity contribution in [2.45, 2.75) is 32.6 Å². The van der Waals surface area contributed by atoms with Gasteiger partial charge in [-0.3, -0.25) is 0 Å². The molecule has 0 heterocycles. The van der Waals surface area contributed by atoms with Crippen molar-refractivity contribution in [1.29, 1.82) is 0 Å². The molecule has 0 radical (unpaired) electrons. The average Bonchev–Trinajstić information content (AvgIpc) is 2.28. The number of hydrogen-bond acceptors (Lipinski definition) is 1. The van der Waals surface area contributed by atoms with Gasteiger partial charge in [-0.15, -0.1) is 0 Å². The summed E-state index contributed by atoms with van der Waals surface area (Å²) in [5.74, 6) is 6.08. The van der Waals surface area contributed by atoms with Crippen LogP contribution in [0.5, 0.6) is 0 Å². The van der Waals surface area contributed by atoms with Gasteiger partial charge < -0.3 is 0 Å². The van der Waals surface area contributed by atoms with Crippen molar-refractivity contribution >= 4 is 0 Å². The molecule has 0 aliphatic carbocycles. The van der Waals surface area contributed by atoms with E-state index in [0.717, 1.165) is 5.56 Å². The highest BCUT2D eigenvalue weighted by molar-refractivity contribution is 5.39. The molecule has 0 atom stereocenters. The minimum Gasteiger partial charge on any atom is -0.0978 e. The summed E-state index contributed by atoms with van der Waals surface area (Å²) in [6.07, 6.45) is 0.601. The van der Waals surface area contributed by atoms with E-state index in [1.807, 2.05) is 12.1 Å². The molecule has 1 aromatic carbocycles. The van der Waals surface area contributed by atoms with Crippen molar-refractivity contribution in [2.24, 2.45) is 5.11 Å². The smallest absolute Gasteiger partial charge is 0.0367 e. The molecule has 0 amide bonds. The molecule has 0 spiro atoms. The second-order valence-electron chi connectivity index (χ2n) is 4.84. The number of rotatable bonds is 2. The summed E-state index contributed by atoms with van der Waals surface area (Å²) in [6, 6.07) is 8.25. The van der Waals surface area contributed by atoms with E-state index in [1.165, 1.54) is 5.56 Å². The van der Waals surface area contributed by atoms with Crippen LogP contribution in [0.15, 0.2) is 29.4 Å². The molecule has 1 aromatic rings. The second-order valence-corrected chi connectivity index (χ2v) is 4.84. The largest absolute Gasteiger partial charge is 0.0978 e. The fourth-order valence-corrected chi connectivity index (χ4v) is 1.38. The lowest BCUT2D eigenvalue weighted by Crippen LogP contribution is -2.10. The molecule has 0 bridgehead atoms. The number of hydrogen-bond donors (Lipinski definition) is 0. The van der Waals surface area contributed by atoms with Crippen LogP contribution < -0.4 is 0 Å². The minimum atomic E-state index is 0.142. The maximum absolute atomic E-state index is 8.12. The fraction of sp³-hybridized carbons (Fsp3) is 0.429. The van der Waals surface area contributed by atoms with Crippen LogP contribution in [-0.4, -0.2) is 6.54 Å². The maximum atomic E-state index is 8.12. The lowest BCUT2D eigenvalue weighted by atomic mass is 9.86. The van der Waals surface area contributed by atoms with E-state index in [0.29, 0.717) is 13.0 Å². The van der Waals surface area contributed by atoms with Gasteiger partial charge in [0.25, 0.3) is 0 Å². The van der Waals surface area contributed by atoms with E-state index < -0.39 is 0 Å². The van der Waals surface area contributed by atoms with Crippen LogP contribution in [0.4, 0.5) is 0 Å². The van der Waals surface area contributed by atoms with Crippen LogP contribution >= 0.6 is 0 Å². The molecule has 17 heavy (non-hydrogen) atoms. The van der Waals surface area contributed by atoms with Gasteiger partial charge in [-0.25, -0.2) is 0 Å². The van der Waals surface area contributed by atoms with Crippen molar-refractivity contribution in [1.82, 2.24) is 0 Å². The summed E-state index contributed by atoms with van der Waals surface area (Å²) in [7, 11) is 0. The van der Waals surface area contributed by atoms with Crippen molar-refractivity contribution in [3.63, 3.8) is 0 Å². The Labute approximate surface area is 102 Å². The third kappa shape index (κ3) is 4.63. The Morgan fingerprint density at radius 2 is 2.12 bits per heavy atom. The Balaban J connectivity index is 2.75. The summed E-state index contributed by atoms with van der Waals surface area (Å²) in [6.45, 7) is 6.98. The monoisotopic (exact) mass is 227 g/mol. The summed E-state index contributed by atoms with van der Waals surface area (Å²) >= 11 is 0. The molecular formula is C14H17N3. The lowest BCUT2D eigenvalue weighted by Gasteiger charge is -2.18. The predicted octanol–water partition coefficient (Wildman–Crippen LogP) is 4.04. The molecule has 0 saturated heterocycles. The summed E-state index contributed by atoms with van der Waals surface area (Å²) in [4.78, 5) is 2.68. The Hall–Kier alpha value is -1.91. The standard InChI is InChI=1S/C14H17N3/c1-14(2,3)13-9-6-8-12(11-13)7-4-5-10-16-17-15/h6,8-9,11H,5,10H2,1-3H3. The molecular weight excluding hydrogens is 210 g/mol. The van der Waals surface area contributed by atoms with Crippen molar-refractivity contribution < 1.29 is 0 Å². The first-order valence-electron chi connectivity index (χ1n) is 5.64. The highest BCUT2D eigenvalue weighted by Crippen LogP contribution is 2.22. The third-order valence-corrected chi connectivity index (χ3v) is 2.36. The molecule has 3 nitrogen and oxygen atoms in total. The van der Waals surface area contributed by atoms with E-state index in [1.54, 1.807) is 0 Å². The van der Waals surface area contributed by atoms with E-state index in [9.17, 15) is 0 Å². The molecule has 88 valence electrons. The molecule has 0 unspecified atom stereocenters. The predicted molar refractivity (Wildman–Crippen MR) is 70.7 cm³/mol. The molecule has 0 aliphatic heterocycles. The Bertz CT molecular complexity index is 480. The van der Waals surface area contributed by atoms with Crippen LogP contribution in [0.2, 0.25) is 0 Å². The normalized spacial score (nSPS) is 10.1. The van der Waals surface area contributed by atoms with Crippen LogP contribution in [0.25, 0.3) is 10.4 Å². The van der Waals surface area contributed by atoms with E-state index in [2.05, 4.69) is 54.8 Å². The van der Waals surface area contributed by atoms with Crippen molar-refractivity contribution in [3.05, 3.63) is 45.8 Å². The van der Waals surface area contributed by atoms with Gasteiger partial charge in [0.15, 0.2) is 0 Å². The molecule has 0 fully saturated rings. The Morgan fingerprint density at radius 1 is 1.35 bits per heavy atom. The van der Waals surface area contributed by atoms with Gasteiger partial charge in [0, 0.05) is 23.4 Å². The summed E-state index contributed by atoms with van der Waals surface area (Å²) in [5, 5.41) is 3.44. The van der Waals surface area contributed by atoms with Crippen LogP contribution in [0, 0.1) is 11.8 Å². The van der Waals surface area contributed by atoms with Crippen molar-refractivity contribution in [2.75, 3.05) is 6.54 Å². The minimum absolute atomic E-state index is 0.142. The molecule has 0 saturated carbocycles. The van der Waals surface area contributed by atoms with Crippen molar-refractivity contribution in [3.8, 4) is 11.8 Å². The Morgan fingerprint density at radius 3 is 2.76 bits per heavy atom. The second kappa shape index (κ2) is 5.98. The SMILES string of the molecule is CC(C)(C)c1cccc(C#CCCN=[N+]=[N-])c1. The summed E-state index contributed by atoms with van der Waals surface area (Å²) in [5.41, 5.74) is 10.5. The highest BCUT2D eigenvalue weighted by Gasteiger charge is 2.12. The zero-order valence-corrected chi connectivity index (χ0v) is 10.6. The van der Waals surface area contributed by atoms with Gasteiger partial charge in [0.05, 0.1) is 0 Å². The first kappa shape index (κ1) is 13.2. The first-order chi connectivity index (χ1) is 8.04. The van der Waals surface area contributed by atoms with E-state index in [4.69, 9.17) is 5.53 Å². The van der Waals surface area contributed by atoms with E-state index >= 15 is 0 Å².